The zero-order chi connectivity index (χ0) is 11.9. The highest BCUT2D eigenvalue weighted by Gasteiger charge is 2.13. The van der Waals surface area contributed by atoms with Crippen molar-refractivity contribution in [1.82, 2.24) is 0 Å². The number of para-hydroxylation sites is 1. The minimum Gasteiger partial charge on any atom is -0.482 e. The molecule has 1 aliphatic rings. The SMILES string of the molecule is O=C(COc1ccccc1)O[C@H]1C=CCCC1. The summed E-state index contributed by atoms with van der Waals surface area (Å²) < 4.78 is 10.6. The average molecular weight is 232 g/mol. The zero-order valence-corrected chi connectivity index (χ0v) is 9.67. The summed E-state index contributed by atoms with van der Waals surface area (Å²) in [6.07, 6.45) is 7.00. The van der Waals surface area contributed by atoms with Gasteiger partial charge in [-0.1, -0.05) is 24.3 Å². The molecule has 3 nitrogen and oxygen atoms in total. The number of carbonyl (C=O) groups is 1. The van der Waals surface area contributed by atoms with Crippen molar-refractivity contribution in [3.05, 3.63) is 42.5 Å². The fraction of sp³-hybridized carbons (Fsp3) is 0.357. The van der Waals surface area contributed by atoms with Crippen LogP contribution in [0.15, 0.2) is 42.5 Å². The first-order valence-corrected chi connectivity index (χ1v) is 5.88. The molecule has 0 radical (unpaired) electrons. The molecule has 0 spiro atoms. The Labute approximate surface area is 101 Å². The van der Waals surface area contributed by atoms with Crippen molar-refractivity contribution in [2.45, 2.75) is 25.4 Å². The largest absolute Gasteiger partial charge is 0.482 e. The van der Waals surface area contributed by atoms with Crippen LogP contribution in [0.25, 0.3) is 0 Å². The van der Waals surface area contributed by atoms with Gasteiger partial charge in [0, 0.05) is 0 Å². The number of hydrogen-bond donors (Lipinski definition) is 0. The van der Waals surface area contributed by atoms with Gasteiger partial charge in [0.2, 0.25) is 0 Å². The van der Waals surface area contributed by atoms with Crippen molar-refractivity contribution in [3.8, 4) is 5.75 Å². The van der Waals surface area contributed by atoms with Crippen LogP contribution in [0, 0.1) is 0 Å². The van der Waals surface area contributed by atoms with Gasteiger partial charge in [-0.15, -0.1) is 0 Å². The van der Waals surface area contributed by atoms with Crippen LogP contribution in [-0.4, -0.2) is 18.7 Å². The van der Waals surface area contributed by atoms with Gasteiger partial charge >= 0.3 is 5.97 Å². The van der Waals surface area contributed by atoms with Crippen molar-refractivity contribution >= 4 is 5.97 Å². The van der Waals surface area contributed by atoms with E-state index >= 15 is 0 Å². The summed E-state index contributed by atoms with van der Waals surface area (Å²) in [6, 6.07) is 9.26. The highest BCUT2D eigenvalue weighted by atomic mass is 16.6. The Morgan fingerprint density at radius 2 is 2.12 bits per heavy atom. The quantitative estimate of drug-likeness (QED) is 0.591. The molecule has 1 aliphatic carbocycles. The highest BCUT2D eigenvalue weighted by molar-refractivity contribution is 5.71. The molecule has 17 heavy (non-hydrogen) atoms. The van der Waals surface area contributed by atoms with Crippen LogP contribution in [0.5, 0.6) is 5.75 Å². The van der Waals surface area contributed by atoms with E-state index in [1.54, 1.807) is 0 Å². The molecular weight excluding hydrogens is 216 g/mol. The molecule has 1 aromatic rings. The molecule has 0 fully saturated rings. The molecule has 90 valence electrons. The lowest BCUT2D eigenvalue weighted by molar-refractivity contribution is -0.149. The average Bonchev–Trinajstić information content (AvgIpc) is 2.39. The number of benzene rings is 1. The third-order valence-corrected chi connectivity index (χ3v) is 2.59. The molecular formula is C14H16O3. The predicted octanol–water partition coefficient (Wildman–Crippen LogP) is 2.72. The second kappa shape index (κ2) is 6.09. The number of esters is 1. The van der Waals surface area contributed by atoms with Crippen LogP contribution in [0.4, 0.5) is 0 Å². The van der Waals surface area contributed by atoms with Gasteiger partial charge in [0.15, 0.2) is 6.61 Å². The number of ether oxygens (including phenoxy) is 2. The summed E-state index contributed by atoms with van der Waals surface area (Å²) in [6.45, 7) is -0.0334. The Kier molecular flexibility index (Phi) is 4.19. The van der Waals surface area contributed by atoms with Gasteiger partial charge in [-0.05, 0) is 37.5 Å². The monoisotopic (exact) mass is 232 g/mol. The molecule has 0 saturated carbocycles. The van der Waals surface area contributed by atoms with E-state index in [2.05, 4.69) is 6.08 Å². The maximum atomic E-state index is 11.5. The summed E-state index contributed by atoms with van der Waals surface area (Å²) in [5.41, 5.74) is 0. The van der Waals surface area contributed by atoms with E-state index in [0.717, 1.165) is 19.3 Å². The normalized spacial score (nSPS) is 18.7. The Balaban J connectivity index is 1.74. The van der Waals surface area contributed by atoms with E-state index in [1.807, 2.05) is 36.4 Å². The molecule has 1 aromatic carbocycles. The molecule has 3 heteroatoms. The third-order valence-electron chi connectivity index (χ3n) is 2.59. The van der Waals surface area contributed by atoms with Gasteiger partial charge in [0.05, 0.1) is 0 Å². The van der Waals surface area contributed by atoms with E-state index in [-0.39, 0.29) is 18.7 Å². The number of allylic oxidation sites excluding steroid dienone is 1. The van der Waals surface area contributed by atoms with Gasteiger partial charge in [-0.25, -0.2) is 4.79 Å². The van der Waals surface area contributed by atoms with Crippen LogP contribution in [0.3, 0.4) is 0 Å². The molecule has 0 saturated heterocycles. The lowest BCUT2D eigenvalue weighted by atomic mass is 10.1. The molecule has 0 amide bonds. The fourth-order valence-corrected chi connectivity index (χ4v) is 1.74. The van der Waals surface area contributed by atoms with Crippen LogP contribution in [0.2, 0.25) is 0 Å². The van der Waals surface area contributed by atoms with Crippen molar-refractivity contribution in [2.24, 2.45) is 0 Å². The maximum absolute atomic E-state index is 11.5. The minimum atomic E-state index is -0.314. The Bertz CT molecular complexity index is 384. The lowest BCUT2D eigenvalue weighted by Gasteiger charge is -2.17. The van der Waals surface area contributed by atoms with Crippen molar-refractivity contribution < 1.29 is 14.3 Å². The summed E-state index contributed by atoms with van der Waals surface area (Å²) in [5, 5.41) is 0. The third kappa shape index (κ3) is 3.94. The first-order chi connectivity index (χ1) is 8.34. The first-order valence-electron chi connectivity index (χ1n) is 5.88. The number of carbonyl (C=O) groups excluding carboxylic acids is 1. The first kappa shape index (κ1) is 11.7. The van der Waals surface area contributed by atoms with E-state index in [0.29, 0.717) is 5.75 Å². The molecule has 0 unspecified atom stereocenters. The van der Waals surface area contributed by atoms with Gasteiger partial charge in [-0.2, -0.15) is 0 Å². The summed E-state index contributed by atoms with van der Waals surface area (Å²) >= 11 is 0. The standard InChI is InChI=1S/C14H16O3/c15-14(17-13-9-5-2-6-10-13)11-16-12-7-3-1-4-8-12/h1,3-5,7-9,13H,2,6,10-11H2/t13-/m0/s1. The van der Waals surface area contributed by atoms with Gasteiger partial charge in [0.1, 0.15) is 11.9 Å². The fourth-order valence-electron chi connectivity index (χ4n) is 1.74. The van der Waals surface area contributed by atoms with Crippen molar-refractivity contribution in [2.75, 3.05) is 6.61 Å². The van der Waals surface area contributed by atoms with Gasteiger partial charge < -0.3 is 9.47 Å². The topological polar surface area (TPSA) is 35.5 Å². The van der Waals surface area contributed by atoms with Crippen LogP contribution < -0.4 is 4.74 Å². The Morgan fingerprint density at radius 1 is 1.29 bits per heavy atom. The second-order valence-electron chi connectivity index (χ2n) is 3.99. The summed E-state index contributed by atoms with van der Waals surface area (Å²) in [5.74, 6) is 0.369. The second-order valence-corrected chi connectivity index (χ2v) is 3.99. The molecule has 0 bridgehead atoms. The van der Waals surface area contributed by atoms with Crippen LogP contribution in [0.1, 0.15) is 19.3 Å². The maximum Gasteiger partial charge on any atom is 0.344 e. The van der Waals surface area contributed by atoms with E-state index in [1.165, 1.54) is 0 Å². The van der Waals surface area contributed by atoms with E-state index in [4.69, 9.17) is 9.47 Å². The highest BCUT2D eigenvalue weighted by Crippen LogP contribution is 2.14. The number of hydrogen-bond acceptors (Lipinski definition) is 3. The lowest BCUT2D eigenvalue weighted by Crippen LogP contribution is -2.22. The predicted molar refractivity (Wildman–Crippen MR) is 64.8 cm³/mol. The van der Waals surface area contributed by atoms with Gasteiger partial charge in [0.25, 0.3) is 0 Å². The molecule has 2 rings (SSSR count). The minimum absolute atomic E-state index is 0.0334. The van der Waals surface area contributed by atoms with Crippen molar-refractivity contribution in [3.63, 3.8) is 0 Å². The zero-order valence-electron chi connectivity index (χ0n) is 9.67. The number of rotatable bonds is 4. The molecule has 1 atom stereocenters. The molecule has 0 aliphatic heterocycles. The van der Waals surface area contributed by atoms with Gasteiger partial charge in [-0.3, -0.25) is 0 Å². The summed E-state index contributed by atoms with van der Waals surface area (Å²) in [7, 11) is 0. The smallest absolute Gasteiger partial charge is 0.344 e. The van der Waals surface area contributed by atoms with Crippen LogP contribution in [-0.2, 0) is 9.53 Å². The molecule has 0 heterocycles. The molecule has 0 N–H and O–H groups in total. The van der Waals surface area contributed by atoms with Crippen LogP contribution >= 0.6 is 0 Å². The summed E-state index contributed by atoms with van der Waals surface area (Å²) in [4.78, 5) is 11.5. The van der Waals surface area contributed by atoms with E-state index in [9.17, 15) is 4.79 Å². The molecule has 0 aromatic heterocycles. The van der Waals surface area contributed by atoms with E-state index < -0.39 is 0 Å². The Hall–Kier alpha value is -1.77. The van der Waals surface area contributed by atoms with Crippen molar-refractivity contribution in [1.29, 1.82) is 0 Å². The Morgan fingerprint density at radius 3 is 2.82 bits per heavy atom.